The van der Waals surface area contributed by atoms with E-state index >= 15 is 0 Å². The van der Waals surface area contributed by atoms with E-state index < -0.39 is 0 Å². The monoisotopic (exact) mass is 219 g/mol. The van der Waals surface area contributed by atoms with Crippen molar-refractivity contribution in [1.82, 2.24) is 0 Å². The van der Waals surface area contributed by atoms with Gasteiger partial charge in [0.2, 0.25) is 0 Å². The molecule has 0 spiro atoms. The first-order chi connectivity index (χ1) is 4.75. The molecule has 1 aromatic rings. The van der Waals surface area contributed by atoms with Crippen LogP contribution < -0.4 is 5.73 Å². The van der Waals surface area contributed by atoms with E-state index in [1.165, 1.54) is 0 Å². The lowest BCUT2D eigenvalue weighted by atomic mass is 10.2. The van der Waals surface area contributed by atoms with Gasteiger partial charge < -0.3 is 5.73 Å². The number of nitrogen functional groups attached to an aromatic ring is 1. The number of halogens is 2. The zero-order valence-electron chi connectivity index (χ0n) is 5.27. The van der Waals surface area contributed by atoms with Gasteiger partial charge in [-0.1, -0.05) is 39.7 Å². The first-order valence-electron chi connectivity index (χ1n) is 2.84. The Bertz CT molecular complexity index is 237. The molecule has 1 aromatic carbocycles. The number of hydrogen-bond acceptors (Lipinski definition) is 1. The zero-order valence-corrected chi connectivity index (χ0v) is 7.61. The summed E-state index contributed by atoms with van der Waals surface area (Å²) in [6.07, 6.45) is 0. The van der Waals surface area contributed by atoms with Crippen molar-refractivity contribution in [2.45, 2.75) is 5.33 Å². The number of benzene rings is 1. The Balaban J connectivity index is 3.14. The third-order valence-corrected chi connectivity index (χ3v) is 2.32. The summed E-state index contributed by atoms with van der Waals surface area (Å²) in [5.41, 5.74) is 7.21. The van der Waals surface area contributed by atoms with Gasteiger partial charge in [-0.05, 0) is 11.6 Å². The lowest BCUT2D eigenvalue weighted by Gasteiger charge is -2.01. The second-order valence-corrected chi connectivity index (χ2v) is 2.89. The van der Waals surface area contributed by atoms with E-state index in [1.807, 2.05) is 12.1 Å². The lowest BCUT2D eigenvalue weighted by Crippen LogP contribution is -1.88. The summed E-state index contributed by atoms with van der Waals surface area (Å²) in [4.78, 5) is 0. The fourth-order valence-electron chi connectivity index (χ4n) is 0.703. The molecule has 0 aliphatic rings. The topological polar surface area (TPSA) is 26.0 Å². The molecule has 0 unspecified atom stereocenters. The number of anilines is 1. The molecule has 0 aromatic heterocycles. The Kier molecular flexibility index (Phi) is 2.57. The van der Waals surface area contributed by atoms with Gasteiger partial charge in [-0.15, -0.1) is 0 Å². The highest BCUT2D eigenvalue weighted by Gasteiger charge is 1.99. The smallest absolute Gasteiger partial charge is 0.0675 e. The quantitative estimate of drug-likeness (QED) is 0.572. The maximum atomic E-state index is 5.84. The van der Waals surface area contributed by atoms with Gasteiger partial charge in [0.15, 0.2) is 0 Å². The molecular weight excluding hydrogens is 213 g/mol. The van der Waals surface area contributed by atoms with Crippen LogP contribution in [0, 0.1) is 0 Å². The van der Waals surface area contributed by atoms with E-state index in [4.69, 9.17) is 17.3 Å². The predicted molar refractivity (Wildman–Crippen MR) is 48.5 cm³/mol. The van der Waals surface area contributed by atoms with Crippen molar-refractivity contribution >= 4 is 33.2 Å². The molecule has 2 N–H and O–H groups in total. The van der Waals surface area contributed by atoms with Gasteiger partial charge in [0, 0.05) is 5.33 Å². The van der Waals surface area contributed by atoms with Gasteiger partial charge in [-0.3, -0.25) is 0 Å². The number of hydrogen-bond donors (Lipinski definition) is 1. The molecule has 0 radical (unpaired) electrons. The van der Waals surface area contributed by atoms with E-state index in [2.05, 4.69) is 15.9 Å². The van der Waals surface area contributed by atoms with Gasteiger partial charge in [-0.25, -0.2) is 0 Å². The van der Waals surface area contributed by atoms with Crippen LogP contribution in [0.3, 0.4) is 0 Å². The number of nitrogens with two attached hydrogens (primary N) is 1. The summed E-state index contributed by atoms with van der Waals surface area (Å²) >= 11 is 9.14. The van der Waals surface area contributed by atoms with Crippen LogP contribution in [-0.2, 0) is 5.33 Å². The highest BCUT2D eigenvalue weighted by atomic mass is 79.9. The molecule has 54 valence electrons. The van der Waals surface area contributed by atoms with Crippen molar-refractivity contribution in [3.8, 4) is 0 Å². The Morgan fingerprint density at radius 3 is 2.70 bits per heavy atom. The van der Waals surface area contributed by atoms with Gasteiger partial charge in [0.1, 0.15) is 0 Å². The molecule has 0 aliphatic carbocycles. The second kappa shape index (κ2) is 3.26. The molecule has 0 aliphatic heterocycles. The lowest BCUT2D eigenvalue weighted by molar-refractivity contribution is 1.44. The third-order valence-electron chi connectivity index (χ3n) is 1.25. The van der Waals surface area contributed by atoms with Crippen LogP contribution in [0.5, 0.6) is 0 Å². The van der Waals surface area contributed by atoms with Gasteiger partial charge >= 0.3 is 0 Å². The van der Waals surface area contributed by atoms with E-state index in [9.17, 15) is 0 Å². The Morgan fingerprint density at radius 1 is 1.50 bits per heavy atom. The van der Waals surface area contributed by atoms with Crippen LogP contribution in [0.1, 0.15) is 5.56 Å². The average molecular weight is 220 g/mol. The molecule has 1 nitrogen and oxygen atoms in total. The van der Waals surface area contributed by atoms with Gasteiger partial charge in [0.25, 0.3) is 0 Å². The van der Waals surface area contributed by atoms with Crippen molar-refractivity contribution in [3.05, 3.63) is 28.8 Å². The Labute approximate surface area is 73.3 Å². The van der Waals surface area contributed by atoms with E-state index in [-0.39, 0.29) is 0 Å². The molecule has 1 rings (SSSR count). The maximum Gasteiger partial charge on any atom is 0.0675 e. The summed E-state index contributed by atoms with van der Waals surface area (Å²) in [5, 5.41) is 1.40. The Hall–Kier alpha value is -0.210. The first kappa shape index (κ1) is 7.89. The summed E-state index contributed by atoms with van der Waals surface area (Å²) in [6.45, 7) is 0. The van der Waals surface area contributed by atoms with Crippen molar-refractivity contribution in [2.75, 3.05) is 5.73 Å². The summed E-state index contributed by atoms with van der Waals surface area (Å²) in [6, 6.07) is 5.61. The van der Waals surface area contributed by atoms with Gasteiger partial charge in [-0.2, -0.15) is 0 Å². The molecule has 0 saturated carbocycles. The minimum atomic E-state index is 0.638. The fraction of sp³-hybridized carbons (Fsp3) is 0.143. The van der Waals surface area contributed by atoms with Crippen LogP contribution >= 0.6 is 27.5 Å². The fourth-order valence-corrected chi connectivity index (χ4v) is 1.52. The van der Waals surface area contributed by atoms with Crippen molar-refractivity contribution < 1.29 is 0 Å². The van der Waals surface area contributed by atoms with E-state index in [1.54, 1.807) is 6.07 Å². The third kappa shape index (κ3) is 1.44. The summed E-state index contributed by atoms with van der Waals surface area (Å²) < 4.78 is 0. The van der Waals surface area contributed by atoms with E-state index in [0.29, 0.717) is 10.7 Å². The SMILES string of the molecule is Nc1cccc(CBr)c1Cl. The van der Waals surface area contributed by atoms with Crippen molar-refractivity contribution in [1.29, 1.82) is 0 Å². The second-order valence-electron chi connectivity index (χ2n) is 1.95. The predicted octanol–water partition coefficient (Wildman–Crippen LogP) is 2.82. The minimum Gasteiger partial charge on any atom is -0.398 e. The zero-order chi connectivity index (χ0) is 7.56. The van der Waals surface area contributed by atoms with Crippen LogP contribution in [0.2, 0.25) is 5.02 Å². The molecular formula is C7H7BrClN. The maximum absolute atomic E-state index is 5.84. The summed E-state index contributed by atoms with van der Waals surface area (Å²) in [5.74, 6) is 0. The number of alkyl halides is 1. The molecule has 0 heterocycles. The molecule has 0 fully saturated rings. The number of rotatable bonds is 1. The van der Waals surface area contributed by atoms with Crippen LogP contribution in [0.15, 0.2) is 18.2 Å². The summed E-state index contributed by atoms with van der Waals surface area (Å²) in [7, 11) is 0. The molecule has 0 atom stereocenters. The highest BCUT2D eigenvalue weighted by Crippen LogP contribution is 2.24. The largest absolute Gasteiger partial charge is 0.398 e. The van der Waals surface area contributed by atoms with Crippen molar-refractivity contribution in [2.24, 2.45) is 0 Å². The van der Waals surface area contributed by atoms with Crippen LogP contribution in [-0.4, -0.2) is 0 Å². The standard InChI is InChI=1S/C7H7BrClN/c8-4-5-2-1-3-6(10)7(5)9/h1-3H,4,10H2. The average Bonchev–Trinajstić information content (AvgIpc) is 1.95. The molecule has 0 bridgehead atoms. The van der Waals surface area contributed by atoms with Crippen LogP contribution in [0.4, 0.5) is 5.69 Å². The highest BCUT2D eigenvalue weighted by molar-refractivity contribution is 9.08. The minimum absolute atomic E-state index is 0.638. The normalized spacial score (nSPS) is 9.80. The first-order valence-corrected chi connectivity index (χ1v) is 4.34. The molecule has 3 heteroatoms. The molecule has 0 saturated heterocycles. The molecule has 0 amide bonds. The van der Waals surface area contributed by atoms with E-state index in [0.717, 1.165) is 10.9 Å². The van der Waals surface area contributed by atoms with Crippen molar-refractivity contribution in [3.63, 3.8) is 0 Å². The van der Waals surface area contributed by atoms with Crippen LogP contribution in [0.25, 0.3) is 0 Å². The molecule has 10 heavy (non-hydrogen) atoms. The Morgan fingerprint density at radius 2 is 2.20 bits per heavy atom. The van der Waals surface area contributed by atoms with Gasteiger partial charge in [0.05, 0.1) is 10.7 Å².